The highest BCUT2D eigenvalue weighted by molar-refractivity contribution is 5.88. The Balaban J connectivity index is 0.942. The predicted octanol–water partition coefficient (Wildman–Crippen LogP) is 17.9. The van der Waals surface area contributed by atoms with Gasteiger partial charge in [0.1, 0.15) is 0 Å². The number of rotatable bonds is 12. The van der Waals surface area contributed by atoms with E-state index in [4.69, 9.17) is 0 Å². The highest BCUT2D eigenvalue weighted by Gasteiger charge is 2.25. The Morgan fingerprint density at radius 2 is 0.943 bits per heavy atom. The lowest BCUT2D eigenvalue weighted by Crippen LogP contribution is -2.29. The second kappa shape index (κ2) is 19.2. The number of anilines is 10. The van der Waals surface area contributed by atoms with E-state index in [1.54, 1.807) is 0 Å². The summed E-state index contributed by atoms with van der Waals surface area (Å²) in [7, 11) is 0. The van der Waals surface area contributed by atoms with Crippen molar-refractivity contribution in [1.82, 2.24) is 0 Å². The standard InChI is InChI=1S/C66H54N4/c1-4-22-55(23-5-1)68(64-31-28-49-16-10-13-19-52(49)46-64)61-40-34-58(35-41-61)67(59-36-42-62(43-37-59)69(56-24-6-2-7-25-56)65-32-29-50-17-11-14-20-53(50)47-65)60-38-44-63(45-39-60)70(57-26-8-3-9-27-57)66-33-30-51-18-12-15-21-54(51)48-66/h1-14,16-20,22-24,26-45,47-48,52,56H,15,21,25,46H2. The van der Waals surface area contributed by atoms with Crippen molar-refractivity contribution in [2.24, 2.45) is 5.92 Å². The molecule has 0 N–H and O–H groups in total. The summed E-state index contributed by atoms with van der Waals surface area (Å²) >= 11 is 0. The molecule has 0 saturated heterocycles. The van der Waals surface area contributed by atoms with Crippen LogP contribution in [-0.4, -0.2) is 6.04 Å². The van der Waals surface area contributed by atoms with Crippen LogP contribution in [0.5, 0.6) is 0 Å². The Hall–Kier alpha value is -8.60. The van der Waals surface area contributed by atoms with Gasteiger partial charge in [0, 0.05) is 68.5 Å². The molecule has 0 radical (unpaired) electrons. The van der Waals surface area contributed by atoms with Crippen LogP contribution in [0.1, 0.15) is 30.4 Å². The first-order valence-electron chi connectivity index (χ1n) is 24.7. The van der Waals surface area contributed by atoms with Gasteiger partial charge >= 0.3 is 0 Å². The lowest BCUT2D eigenvalue weighted by molar-refractivity contribution is 0.732. The number of para-hydroxylation sites is 2. The van der Waals surface area contributed by atoms with Gasteiger partial charge in [-0.2, -0.15) is 0 Å². The summed E-state index contributed by atoms with van der Waals surface area (Å²) in [5.74, 6) is 0.363. The van der Waals surface area contributed by atoms with Crippen molar-refractivity contribution in [3.63, 3.8) is 0 Å². The van der Waals surface area contributed by atoms with Gasteiger partial charge in [-0.1, -0.05) is 140 Å². The monoisotopic (exact) mass is 902 g/mol. The maximum atomic E-state index is 2.48. The maximum absolute atomic E-state index is 2.48. The molecule has 2 unspecified atom stereocenters. The number of aryl methyl sites for hydroxylation is 1. The van der Waals surface area contributed by atoms with E-state index in [1.807, 2.05) is 0 Å². The number of nitrogens with zero attached hydrogens (tertiary/aromatic N) is 4. The molecule has 0 amide bonds. The Kier molecular flexibility index (Phi) is 11.7. The zero-order valence-corrected chi connectivity index (χ0v) is 39.2. The van der Waals surface area contributed by atoms with Crippen molar-refractivity contribution in [2.45, 2.75) is 31.7 Å². The molecule has 8 aromatic rings. The van der Waals surface area contributed by atoms with Gasteiger partial charge in [-0.25, -0.2) is 0 Å². The number of allylic oxidation sites excluding steroid dienone is 11. The summed E-state index contributed by atoms with van der Waals surface area (Å²) < 4.78 is 0. The molecule has 70 heavy (non-hydrogen) atoms. The fraction of sp³-hybridized carbons (Fsp3) is 0.0909. The fourth-order valence-corrected chi connectivity index (χ4v) is 10.6. The smallest absolute Gasteiger partial charge is 0.0559 e. The van der Waals surface area contributed by atoms with Gasteiger partial charge in [-0.05, 0) is 181 Å². The van der Waals surface area contributed by atoms with Crippen LogP contribution in [0.2, 0.25) is 0 Å². The second-order valence-electron chi connectivity index (χ2n) is 18.4. The highest BCUT2D eigenvalue weighted by atomic mass is 15.2. The van der Waals surface area contributed by atoms with Crippen molar-refractivity contribution in [3.05, 3.63) is 283 Å². The average Bonchev–Trinajstić information content (AvgIpc) is 3.43. The molecule has 0 spiro atoms. The minimum Gasteiger partial charge on any atom is -0.334 e. The number of benzene rings is 8. The van der Waals surface area contributed by atoms with E-state index in [-0.39, 0.29) is 6.04 Å². The fourth-order valence-electron chi connectivity index (χ4n) is 10.6. The summed E-state index contributed by atoms with van der Waals surface area (Å²) in [6, 6.07) is 71.4. The second-order valence-corrected chi connectivity index (χ2v) is 18.4. The first-order valence-corrected chi connectivity index (χ1v) is 24.7. The van der Waals surface area contributed by atoms with Gasteiger partial charge < -0.3 is 19.6 Å². The molecule has 0 bridgehead atoms. The molecular formula is C66H54N4. The molecule has 12 rings (SSSR count). The van der Waals surface area contributed by atoms with Crippen molar-refractivity contribution in [2.75, 3.05) is 19.6 Å². The van der Waals surface area contributed by atoms with E-state index < -0.39 is 0 Å². The van der Waals surface area contributed by atoms with Crippen molar-refractivity contribution >= 4 is 73.7 Å². The van der Waals surface area contributed by atoms with Gasteiger partial charge in [0.25, 0.3) is 0 Å². The first-order chi connectivity index (χ1) is 34.7. The van der Waals surface area contributed by atoms with Gasteiger partial charge in [-0.3, -0.25) is 0 Å². The van der Waals surface area contributed by atoms with Crippen LogP contribution < -0.4 is 19.6 Å². The van der Waals surface area contributed by atoms with Crippen LogP contribution in [0.15, 0.2) is 272 Å². The topological polar surface area (TPSA) is 13.0 Å². The normalized spacial score (nSPS) is 16.5. The minimum absolute atomic E-state index is 0.187. The number of fused-ring (bicyclic) bond motifs is 3. The molecule has 8 aromatic carbocycles. The van der Waals surface area contributed by atoms with Gasteiger partial charge in [0.15, 0.2) is 0 Å². The average molecular weight is 903 g/mol. The molecule has 4 aliphatic rings. The van der Waals surface area contributed by atoms with Crippen LogP contribution >= 0.6 is 0 Å². The van der Waals surface area contributed by atoms with E-state index in [0.29, 0.717) is 5.92 Å². The van der Waals surface area contributed by atoms with Crippen LogP contribution in [0.4, 0.5) is 56.9 Å². The molecule has 0 fully saturated rings. The lowest BCUT2D eigenvalue weighted by atomic mass is 9.86. The zero-order chi connectivity index (χ0) is 46.6. The third-order valence-corrected chi connectivity index (χ3v) is 14.1. The van der Waals surface area contributed by atoms with Crippen LogP contribution in [0.3, 0.4) is 0 Å². The summed E-state index contributed by atoms with van der Waals surface area (Å²) in [6.45, 7) is 0. The van der Waals surface area contributed by atoms with Crippen LogP contribution in [0.25, 0.3) is 16.8 Å². The Morgan fingerprint density at radius 1 is 0.386 bits per heavy atom. The van der Waals surface area contributed by atoms with E-state index >= 15 is 0 Å². The van der Waals surface area contributed by atoms with Gasteiger partial charge in [0.2, 0.25) is 0 Å². The predicted molar refractivity (Wildman–Crippen MR) is 297 cm³/mol. The molecule has 4 heteroatoms. The Morgan fingerprint density at radius 3 is 1.61 bits per heavy atom. The van der Waals surface area contributed by atoms with Crippen molar-refractivity contribution in [3.8, 4) is 0 Å². The SMILES string of the molecule is C1=CCC(N(c2ccc(N(c3ccc(N(C4=CC=C5C=CC=CC5C4)c4ccccc4)cc3)c3ccc(N(c4ccccc4)c4ccc5c(c4)CCC=C5)cc3)cc2)c2ccc3ccccc3c2)C=C1. The van der Waals surface area contributed by atoms with Crippen molar-refractivity contribution < 1.29 is 0 Å². The van der Waals surface area contributed by atoms with E-state index in [0.717, 1.165) is 76.9 Å². The number of hydrogen-bond donors (Lipinski definition) is 0. The molecule has 0 heterocycles. The zero-order valence-electron chi connectivity index (χ0n) is 39.2. The quantitative estimate of drug-likeness (QED) is 0.121. The molecule has 2 atom stereocenters. The third-order valence-electron chi connectivity index (χ3n) is 14.1. The molecule has 0 aromatic heterocycles. The molecule has 0 aliphatic heterocycles. The molecule has 4 nitrogen and oxygen atoms in total. The molecule has 0 saturated carbocycles. The third kappa shape index (κ3) is 8.61. The lowest BCUT2D eigenvalue weighted by Gasteiger charge is -2.34. The van der Waals surface area contributed by atoms with Crippen LogP contribution in [-0.2, 0) is 6.42 Å². The molecule has 338 valence electrons. The molecule has 4 aliphatic carbocycles. The van der Waals surface area contributed by atoms with E-state index in [9.17, 15) is 0 Å². The molecular weight excluding hydrogens is 849 g/mol. The Bertz CT molecular complexity index is 3370. The van der Waals surface area contributed by atoms with E-state index in [1.165, 1.54) is 38.9 Å². The summed E-state index contributed by atoms with van der Waals surface area (Å²) in [6.07, 6.45) is 30.9. The van der Waals surface area contributed by atoms with Gasteiger partial charge in [-0.15, -0.1) is 0 Å². The highest BCUT2D eigenvalue weighted by Crippen LogP contribution is 2.44. The first kappa shape index (κ1) is 42.7. The van der Waals surface area contributed by atoms with Crippen LogP contribution in [0, 0.1) is 5.92 Å². The number of hydrogen-bond acceptors (Lipinski definition) is 4. The summed E-state index contributed by atoms with van der Waals surface area (Å²) in [5, 5.41) is 2.48. The Labute approximate surface area is 412 Å². The minimum atomic E-state index is 0.187. The van der Waals surface area contributed by atoms with E-state index in [2.05, 4.69) is 287 Å². The summed E-state index contributed by atoms with van der Waals surface area (Å²) in [4.78, 5) is 9.67. The largest absolute Gasteiger partial charge is 0.334 e. The van der Waals surface area contributed by atoms with Gasteiger partial charge in [0.05, 0.1) is 6.04 Å². The van der Waals surface area contributed by atoms with Crippen molar-refractivity contribution in [1.29, 1.82) is 0 Å². The summed E-state index contributed by atoms with van der Waals surface area (Å²) in [5.41, 5.74) is 16.5. The maximum Gasteiger partial charge on any atom is 0.0559 e.